The maximum absolute atomic E-state index is 12.3. The first-order valence-corrected chi connectivity index (χ1v) is 6.96. The van der Waals surface area contributed by atoms with Crippen molar-refractivity contribution >= 4 is 23.2 Å². The second-order valence-electron chi connectivity index (χ2n) is 4.40. The summed E-state index contributed by atoms with van der Waals surface area (Å²) in [4.78, 5) is 16.9. The number of hydrogen-bond acceptors (Lipinski definition) is 4. The summed E-state index contributed by atoms with van der Waals surface area (Å²) in [5.74, 6) is -1.09. The summed E-state index contributed by atoms with van der Waals surface area (Å²) in [7, 11) is 1.68. The molecule has 5 heteroatoms. The average Bonchev–Trinajstić information content (AvgIpc) is 2.55. The zero-order valence-electron chi connectivity index (χ0n) is 11.7. The highest BCUT2D eigenvalue weighted by molar-refractivity contribution is 7.80. The number of hydrogen-bond donors (Lipinski definition) is 1. The lowest BCUT2D eigenvalue weighted by atomic mass is 10.0. The van der Waals surface area contributed by atoms with E-state index >= 15 is 0 Å². The lowest BCUT2D eigenvalue weighted by Gasteiger charge is -2.16. The van der Waals surface area contributed by atoms with Crippen molar-refractivity contribution in [3.8, 4) is 0 Å². The third-order valence-electron chi connectivity index (χ3n) is 2.95. The van der Waals surface area contributed by atoms with Crippen molar-refractivity contribution in [3.63, 3.8) is 0 Å². The Hall–Kier alpha value is -2.27. The van der Waals surface area contributed by atoms with E-state index in [1.807, 2.05) is 36.4 Å². The molecule has 108 valence electrons. The van der Waals surface area contributed by atoms with Crippen LogP contribution in [0.4, 0.5) is 0 Å². The van der Waals surface area contributed by atoms with Crippen LogP contribution in [0.1, 0.15) is 17.2 Å². The van der Waals surface area contributed by atoms with Gasteiger partial charge in [-0.05, 0) is 17.7 Å². The molecular weight excluding hydrogens is 284 g/mol. The van der Waals surface area contributed by atoms with Gasteiger partial charge in [-0.3, -0.25) is 9.78 Å². The maximum atomic E-state index is 12.3. The first-order chi connectivity index (χ1) is 10.2. The van der Waals surface area contributed by atoms with E-state index in [0.29, 0.717) is 10.7 Å². The standard InChI is InChI=1S/C16H16N2O2S/c1-17-15(21)14(13-9-5-6-10-18-13)16(19)20-11-12-7-3-2-4-8-12/h2-10,14H,11H2,1H3,(H,17,21). The van der Waals surface area contributed by atoms with Gasteiger partial charge in [-0.25, -0.2) is 0 Å². The molecule has 1 aromatic heterocycles. The summed E-state index contributed by atoms with van der Waals surface area (Å²) in [5, 5.41) is 2.83. The summed E-state index contributed by atoms with van der Waals surface area (Å²) in [6.45, 7) is 0.218. The summed E-state index contributed by atoms with van der Waals surface area (Å²) in [6.07, 6.45) is 1.63. The number of benzene rings is 1. The van der Waals surface area contributed by atoms with Gasteiger partial charge < -0.3 is 10.1 Å². The minimum Gasteiger partial charge on any atom is -0.460 e. The first-order valence-electron chi connectivity index (χ1n) is 6.55. The van der Waals surface area contributed by atoms with E-state index in [-0.39, 0.29) is 6.61 Å². The van der Waals surface area contributed by atoms with Crippen LogP contribution in [0.2, 0.25) is 0 Å². The topological polar surface area (TPSA) is 51.2 Å². The molecule has 0 bridgehead atoms. The highest BCUT2D eigenvalue weighted by Gasteiger charge is 2.27. The molecular formula is C16H16N2O2S. The van der Waals surface area contributed by atoms with Gasteiger partial charge in [0.25, 0.3) is 0 Å². The molecule has 1 unspecified atom stereocenters. The van der Waals surface area contributed by atoms with Crippen LogP contribution in [0, 0.1) is 0 Å². The number of rotatable bonds is 5. The lowest BCUT2D eigenvalue weighted by Crippen LogP contribution is -2.31. The minimum absolute atomic E-state index is 0.218. The van der Waals surface area contributed by atoms with Gasteiger partial charge >= 0.3 is 5.97 Å². The number of pyridine rings is 1. The molecule has 0 saturated carbocycles. The number of aromatic nitrogens is 1. The fourth-order valence-corrected chi connectivity index (χ4v) is 2.08. The quantitative estimate of drug-likeness (QED) is 0.679. The molecule has 0 spiro atoms. The van der Waals surface area contributed by atoms with Crippen LogP contribution in [0.25, 0.3) is 0 Å². The molecule has 1 atom stereocenters. The largest absolute Gasteiger partial charge is 0.460 e. The van der Waals surface area contributed by atoms with E-state index < -0.39 is 11.9 Å². The van der Waals surface area contributed by atoms with Crippen molar-refractivity contribution in [2.75, 3.05) is 7.05 Å². The highest BCUT2D eigenvalue weighted by Crippen LogP contribution is 2.17. The van der Waals surface area contributed by atoms with Crippen LogP contribution in [0.3, 0.4) is 0 Å². The zero-order valence-corrected chi connectivity index (χ0v) is 12.5. The molecule has 2 rings (SSSR count). The molecule has 0 fully saturated rings. The second-order valence-corrected chi connectivity index (χ2v) is 4.84. The molecule has 0 saturated heterocycles. The summed E-state index contributed by atoms with van der Waals surface area (Å²) < 4.78 is 5.36. The van der Waals surface area contributed by atoms with E-state index in [0.717, 1.165) is 5.56 Å². The van der Waals surface area contributed by atoms with Crippen molar-refractivity contribution in [2.45, 2.75) is 12.5 Å². The maximum Gasteiger partial charge on any atom is 0.322 e. The number of esters is 1. The van der Waals surface area contributed by atoms with Crippen molar-refractivity contribution in [3.05, 3.63) is 66.0 Å². The van der Waals surface area contributed by atoms with Gasteiger partial charge in [0.05, 0.1) is 10.7 Å². The van der Waals surface area contributed by atoms with Crippen LogP contribution < -0.4 is 5.32 Å². The Morgan fingerprint density at radius 2 is 1.95 bits per heavy atom. The first kappa shape index (κ1) is 15.1. The molecule has 0 radical (unpaired) electrons. The predicted octanol–water partition coefficient (Wildman–Crippen LogP) is 2.46. The normalized spacial score (nSPS) is 11.5. The monoisotopic (exact) mass is 300 g/mol. The number of carbonyl (C=O) groups is 1. The Balaban J connectivity index is 2.10. The van der Waals surface area contributed by atoms with Crippen LogP contribution in [-0.2, 0) is 16.1 Å². The number of carbonyl (C=O) groups excluding carboxylic acids is 1. The van der Waals surface area contributed by atoms with Crippen molar-refractivity contribution in [1.82, 2.24) is 10.3 Å². The lowest BCUT2D eigenvalue weighted by molar-refractivity contribution is -0.145. The third-order valence-corrected chi connectivity index (χ3v) is 3.39. The van der Waals surface area contributed by atoms with Crippen LogP contribution >= 0.6 is 12.2 Å². The predicted molar refractivity (Wildman–Crippen MR) is 84.9 cm³/mol. The minimum atomic E-state index is -0.685. The second kappa shape index (κ2) is 7.50. The summed E-state index contributed by atoms with van der Waals surface area (Å²) >= 11 is 5.21. The van der Waals surface area contributed by atoms with Gasteiger partial charge in [-0.1, -0.05) is 48.6 Å². The van der Waals surface area contributed by atoms with Crippen molar-refractivity contribution in [2.24, 2.45) is 0 Å². The zero-order chi connectivity index (χ0) is 15.1. The van der Waals surface area contributed by atoms with Gasteiger partial charge in [0.2, 0.25) is 0 Å². The van der Waals surface area contributed by atoms with Gasteiger partial charge in [0, 0.05) is 13.2 Å². The fourth-order valence-electron chi connectivity index (χ4n) is 1.87. The van der Waals surface area contributed by atoms with Crippen LogP contribution in [0.5, 0.6) is 0 Å². The van der Waals surface area contributed by atoms with Gasteiger partial charge in [0.1, 0.15) is 12.5 Å². The number of thiocarbonyl (C=S) groups is 1. The average molecular weight is 300 g/mol. The van der Waals surface area contributed by atoms with Gasteiger partial charge in [0.15, 0.2) is 0 Å². The van der Waals surface area contributed by atoms with Crippen LogP contribution in [0.15, 0.2) is 54.7 Å². The Morgan fingerprint density at radius 1 is 1.24 bits per heavy atom. The van der Waals surface area contributed by atoms with Gasteiger partial charge in [-0.2, -0.15) is 0 Å². The molecule has 1 aromatic carbocycles. The molecule has 1 heterocycles. The molecule has 21 heavy (non-hydrogen) atoms. The molecule has 2 aromatic rings. The molecule has 0 aliphatic rings. The summed E-state index contributed by atoms with van der Waals surface area (Å²) in [6, 6.07) is 14.9. The Morgan fingerprint density at radius 3 is 2.57 bits per heavy atom. The highest BCUT2D eigenvalue weighted by atomic mass is 32.1. The van der Waals surface area contributed by atoms with Crippen molar-refractivity contribution < 1.29 is 9.53 Å². The van der Waals surface area contributed by atoms with E-state index in [2.05, 4.69) is 10.3 Å². The van der Waals surface area contributed by atoms with Crippen molar-refractivity contribution in [1.29, 1.82) is 0 Å². The summed E-state index contributed by atoms with van der Waals surface area (Å²) in [5.41, 5.74) is 1.51. The van der Waals surface area contributed by atoms with E-state index in [9.17, 15) is 4.79 Å². The van der Waals surface area contributed by atoms with E-state index in [1.54, 1.807) is 25.4 Å². The number of nitrogens with zero attached hydrogens (tertiary/aromatic N) is 1. The molecule has 0 amide bonds. The molecule has 0 aliphatic heterocycles. The number of ether oxygens (including phenoxy) is 1. The van der Waals surface area contributed by atoms with E-state index in [1.165, 1.54) is 0 Å². The van der Waals surface area contributed by atoms with Gasteiger partial charge in [-0.15, -0.1) is 0 Å². The smallest absolute Gasteiger partial charge is 0.322 e. The third kappa shape index (κ3) is 4.10. The Labute approximate surface area is 129 Å². The Bertz CT molecular complexity index is 602. The fraction of sp³-hybridized carbons (Fsp3) is 0.188. The number of nitrogens with one attached hydrogen (secondary N) is 1. The SMILES string of the molecule is CNC(=S)C(C(=O)OCc1ccccc1)c1ccccn1. The van der Waals surface area contributed by atoms with E-state index in [4.69, 9.17) is 17.0 Å². The molecule has 4 nitrogen and oxygen atoms in total. The molecule has 1 N–H and O–H groups in total. The van der Waals surface area contributed by atoms with Crippen LogP contribution in [-0.4, -0.2) is 23.0 Å². The number of likely N-dealkylation sites (N-methyl/N-ethyl adjacent to an activating group) is 1. The molecule has 0 aliphatic carbocycles. The Kier molecular flexibility index (Phi) is 5.40.